The number of carboxylic acid groups (broad SMARTS) is 1. The molecule has 4 N–H and O–H groups in total. The van der Waals surface area contributed by atoms with E-state index in [1.165, 1.54) is 0 Å². The number of hydrogen-bond donors (Lipinski definition) is 4. The number of aliphatic carboxylic acids is 1. The SMILES string of the molecule is Cc1ccc2[nH]c3c(Br)c2c1C1(NN=NN1CCOC(=O)N[C@H](C(=O)O)C(C)C)c1ccccc1-3. The molecule has 0 fully saturated rings. The van der Waals surface area contributed by atoms with Gasteiger partial charge in [0, 0.05) is 27.6 Å². The summed E-state index contributed by atoms with van der Waals surface area (Å²) in [5, 5.41) is 23.1. The zero-order valence-electron chi connectivity index (χ0n) is 19.4. The summed E-state index contributed by atoms with van der Waals surface area (Å²) in [5.41, 5.74) is 8.29. The Bertz CT molecular complexity index is 1370. The summed E-state index contributed by atoms with van der Waals surface area (Å²) >= 11 is 3.81. The van der Waals surface area contributed by atoms with Gasteiger partial charge in [-0.2, -0.15) is 0 Å². The van der Waals surface area contributed by atoms with E-state index in [-0.39, 0.29) is 19.1 Å². The number of ether oxygens (including phenoxy) is 1. The van der Waals surface area contributed by atoms with Gasteiger partial charge in [0.25, 0.3) is 0 Å². The molecule has 5 rings (SSSR count). The minimum Gasteiger partial charge on any atom is -0.480 e. The van der Waals surface area contributed by atoms with Gasteiger partial charge >= 0.3 is 12.1 Å². The Kier molecular flexibility index (Phi) is 5.66. The van der Waals surface area contributed by atoms with Crippen molar-refractivity contribution in [1.82, 2.24) is 20.7 Å². The Morgan fingerprint density at radius 1 is 1.26 bits per heavy atom. The summed E-state index contributed by atoms with van der Waals surface area (Å²) in [5.74, 6) is -1.39. The van der Waals surface area contributed by atoms with Crippen molar-refractivity contribution in [1.29, 1.82) is 0 Å². The van der Waals surface area contributed by atoms with Crippen molar-refractivity contribution >= 4 is 38.9 Å². The summed E-state index contributed by atoms with van der Waals surface area (Å²) in [6.45, 7) is 5.69. The Labute approximate surface area is 209 Å². The number of alkyl carbamates (subject to hydrolysis) is 1. The van der Waals surface area contributed by atoms with Crippen LogP contribution in [0.3, 0.4) is 0 Å². The number of nitrogens with zero attached hydrogens (tertiary/aromatic N) is 3. The third kappa shape index (κ3) is 3.53. The van der Waals surface area contributed by atoms with Gasteiger partial charge < -0.3 is 20.1 Å². The normalized spacial score (nSPS) is 18.6. The Hall–Kier alpha value is -3.60. The molecule has 1 spiro atoms. The van der Waals surface area contributed by atoms with E-state index >= 15 is 0 Å². The monoisotopic (exact) mass is 540 g/mol. The van der Waals surface area contributed by atoms with E-state index in [1.807, 2.05) is 31.2 Å². The van der Waals surface area contributed by atoms with Gasteiger partial charge in [0.2, 0.25) is 0 Å². The Morgan fingerprint density at radius 2 is 2.03 bits per heavy atom. The van der Waals surface area contributed by atoms with E-state index in [1.54, 1.807) is 18.9 Å². The van der Waals surface area contributed by atoms with Crippen molar-refractivity contribution in [2.45, 2.75) is 32.5 Å². The highest BCUT2D eigenvalue weighted by Gasteiger charge is 2.49. The van der Waals surface area contributed by atoms with Crippen molar-refractivity contribution in [3.8, 4) is 11.3 Å². The molecule has 2 aliphatic rings. The minimum absolute atomic E-state index is 0.0192. The lowest BCUT2D eigenvalue weighted by Gasteiger charge is -2.38. The average Bonchev–Trinajstić information content (AvgIpc) is 3.36. The maximum Gasteiger partial charge on any atom is 0.407 e. The number of H-pyrrole nitrogens is 1. The molecule has 2 bridgehead atoms. The summed E-state index contributed by atoms with van der Waals surface area (Å²) in [6, 6.07) is 11.1. The molecule has 1 aliphatic heterocycles. The van der Waals surface area contributed by atoms with Crippen LogP contribution < -0.4 is 10.7 Å². The topological polar surface area (TPSA) is 131 Å². The fraction of sp³-hybridized carbons (Fsp3) is 0.333. The number of carbonyl (C=O) groups excluding carboxylic acids is 1. The molecule has 10 nitrogen and oxygen atoms in total. The number of aromatic nitrogens is 1. The molecule has 1 amide bonds. The standard InChI is InChI=1S/C24H25BrN6O4/c1-12(2)20(22(32)33)27-23(34)35-11-10-31-24(28-29-30-31)15-7-5-4-6-14(15)21-19(25)17-16(26-21)9-8-13(3)18(17)24/h4-9,12,20,26H,10-11H2,1-3H3,(H,27,34)(H,28,30)(H,32,33)/t20-,24?/m0/s1. The Morgan fingerprint density at radius 3 is 2.77 bits per heavy atom. The van der Waals surface area contributed by atoms with Gasteiger partial charge in [0.1, 0.15) is 12.6 Å². The first-order valence-corrected chi connectivity index (χ1v) is 12.1. The number of aryl methyl sites for hydroxylation is 1. The zero-order chi connectivity index (χ0) is 24.9. The molecule has 11 heteroatoms. The van der Waals surface area contributed by atoms with Gasteiger partial charge in [-0.3, -0.25) is 5.43 Å². The first kappa shape index (κ1) is 23.2. The minimum atomic E-state index is -1.11. The molecule has 35 heavy (non-hydrogen) atoms. The number of fused-ring (bicyclic) bond motifs is 5. The summed E-state index contributed by atoms with van der Waals surface area (Å²) in [6.07, 6.45) is -0.790. The molecular formula is C24H25BrN6O4. The lowest BCUT2D eigenvalue weighted by Crippen LogP contribution is -2.51. The molecular weight excluding hydrogens is 516 g/mol. The molecule has 0 radical (unpaired) electrons. The molecule has 2 heterocycles. The third-order valence-corrected chi connectivity index (χ3v) is 7.35. The molecule has 0 saturated heterocycles. The van der Waals surface area contributed by atoms with Gasteiger partial charge in [-0.15, -0.1) is 0 Å². The summed E-state index contributed by atoms with van der Waals surface area (Å²) in [4.78, 5) is 27.2. The maximum absolute atomic E-state index is 12.3. The van der Waals surface area contributed by atoms with Gasteiger partial charge in [0.05, 0.1) is 16.7 Å². The number of nitrogens with one attached hydrogen (secondary N) is 3. The van der Waals surface area contributed by atoms with Crippen molar-refractivity contribution < 1.29 is 19.4 Å². The van der Waals surface area contributed by atoms with Crippen LogP contribution in [0.25, 0.3) is 22.2 Å². The van der Waals surface area contributed by atoms with Gasteiger partial charge in [-0.25, -0.2) is 14.6 Å². The maximum atomic E-state index is 12.3. The second-order valence-electron chi connectivity index (χ2n) is 9.01. The number of halogens is 1. The van der Waals surface area contributed by atoms with Crippen LogP contribution >= 0.6 is 15.9 Å². The van der Waals surface area contributed by atoms with Crippen LogP contribution in [-0.2, 0) is 15.2 Å². The molecule has 1 aliphatic carbocycles. The van der Waals surface area contributed by atoms with Crippen LogP contribution in [0, 0.1) is 12.8 Å². The largest absolute Gasteiger partial charge is 0.480 e. The predicted molar refractivity (Wildman–Crippen MR) is 132 cm³/mol. The number of carbonyl (C=O) groups is 2. The van der Waals surface area contributed by atoms with Crippen molar-refractivity contribution in [2.24, 2.45) is 16.4 Å². The van der Waals surface area contributed by atoms with Crippen LogP contribution in [0.2, 0.25) is 0 Å². The average molecular weight is 541 g/mol. The van der Waals surface area contributed by atoms with Gasteiger partial charge in [-0.05, 0) is 40.4 Å². The second-order valence-corrected chi connectivity index (χ2v) is 9.81. The van der Waals surface area contributed by atoms with E-state index in [2.05, 4.69) is 54.2 Å². The van der Waals surface area contributed by atoms with E-state index in [0.717, 1.165) is 43.3 Å². The predicted octanol–water partition coefficient (Wildman–Crippen LogP) is 4.44. The van der Waals surface area contributed by atoms with E-state index in [9.17, 15) is 14.7 Å². The highest BCUT2D eigenvalue weighted by molar-refractivity contribution is 9.10. The van der Waals surface area contributed by atoms with Crippen LogP contribution in [0.15, 0.2) is 51.3 Å². The van der Waals surface area contributed by atoms with E-state index in [0.29, 0.717) is 0 Å². The highest BCUT2D eigenvalue weighted by Crippen LogP contribution is 2.52. The lowest BCUT2D eigenvalue weighted by molar-refractivity contribution is -0.140. The Balaban J connectivity index is 1.48. The number of hydrogen-bond acceptors (Lipinski definition) is 7. The highest BCUT2D eigenvalue weighted by atomic mass is 79.9. The third-order valence-electron chi connectivity index (χ3n) is 6.55. The van der Waals surface area contributed by atoms with Crippen molar-refractivity contribution in [3.63, 3.8) is 0 Å². The van der Waals surface area contributed by atoms with Gasteiger partial charge in [0.15, 0.2) is 5.66 Å². The van der Waals surface area contributed by atoms with Crippen molar-refractivity contribution in [3.05, 3.63) is 57.6 Å². The van der Waals surface area contributed by atoms with Crippen LogP contribution in [0.5, 0.6) is 0 Å². The zero-order valence-corrected chi connectivity index (χ0v) is 21.0. The quantitative estimate of drug-likeness (QED) is 0.365. The fourth-order valence-electron chi connectivity index (χ4n) is 4.93. The van der Waals surface area contributed by atoms with Crippen LogP contribution in [0.1, 0.15) is 30.5 Å². The van der Waals surface area contributed by atoms with Gasteiger partial charge in [-0.1, -0.05) is 54.6 Å². The van der Waals surface area contributed by atoms with E-state index < -0.39 is 23.8 Å². The molecule has 1 unspecified atom stereocenters. The summed E-state index contributed by atoms with van der Waals surface area (Å²) in [7, 11) is 0. The number of amides is 1. The molecule has 1 aromatic heterocycles. The fourth-order valence-corrected chi connectivity index (χ4v) is 5.66. The summed E-state index contributed by atoms with van der Waals surface area (Å²) < 4.78 is 6.31. The number of benzene rings is 2. The molecule has 2 aromatic carbocycles. The van der Waals surface area contributed by atoms with Crippen LogP contribution in [0.4, 0.5) is 4.79 Å². The molecule has 0 saturated carbocycles. The van der Waals surface area contributed by atoms with Crippen molar-refractivity contribution in [2.75, 3.05) is 13.2 Å². The number of aromatic amines is 1. The molecule has 2 atom stereocenters. The molecule has 3 aromatic rings. The lowest BCUT2D eigenvalue weighted by atomic mass is 9.84. The van der Waals surface area contributed by atoms with E-state index in [4.69, 9.17) is 4.74 Å². The number of rotatable bonds is 6. The van der Waals surface area contributed by atoms with Crippen LogP contribution in [-0.4, -0.2) is 46.4 Å². The second kappa shape index (κ2) is 8.56. The number of carboxylic acids is 1. The first-order valence-electron chi connectivity index (χ1n) is 11.3. The first-order chi connectivity index (χ1) is 16.8. The smallest absolute Gasteiger partial charge is 0.407 e. The molecule has 182 valence electrons.